The van der Waals surface area contributed by atoms with Crippen LogP contribution in [0, 0.1) is 23.0 Å². The molecule has 2 rings (SSSR count). The van der Waals surface area contributed by atoms with Gasteiger partial charge in [-0.25, -0.2) is 8.78 Å². The number of nitrogens with zero attached hydrogens (tertiary/aromatic N) is 1. The average Bonchev–Trinajstić information content (AvgIpc) is 2.55. The molecule has 2 aromatic carbocycles. The number of benzene rings is 2. The summed E-state index contributed by atoms with van der Waals surface area (Å²) >= 11 is 0. The first-order valence-electron chi connectivity index (χ1n) is 6.99. The Balaban J connectivity index is 2.01. The fourth-order valence-electron chi connectivity index (χ4n) is 1.98. The molecule has 0 aliphatic heterocycles. The molecule has 2 aromatic rings. The van der Waals surface area contributed by atoms with Gasteiger partial charge in [0.05, 0.1) is 0 Å². The Kier molecular flexibility index (Phi) is 5.59. The summed E-state index contributed by atoms with van der Waals surface area (Å²) in [5.74, 6) is -2.13. The van der Waals surface area contributed by atoms with E-state index >= 15 is 0 Å². The maximum absolute atomic E-state index is 13.6. The van der Waals surface area contributed by atoms with Gasteiger partial charge in [-0.1, -0.05) is 30.3 Å². The summed E-state index contributed by atoms with van der Waals surface area (Å²) in [5.41, 5.74) is 0.810. The van der Waals surface area contributed by atoms with E-state index in [4.69, 9.17) is 5.26 Å². The molecule has 116 valence electrons. The molecule has 3 nitrogen and oxygen atoms in total. The summed E-state index contributed by atoms with van der Waals surface area (Å²) in [6.45, 7) is 0.355. The predicted molar refractivity (Wildman–Crippen MR) is 83.1 cm³/mol. The number of nitriles is 1. The van der Waals surface area contributed by atoms with E-state index in [0.717, 1.165) is 17.7 Å². The van der Waals surface area contributed by atoms with Crippen LogP contribution in [0.5, 0.6) is 0 Å². The number of carbonyl (C=O) groups is 1. The molecule has 0 atom stereocenters. The van der Waals surface area contributed by atoms with Crippen LogP contribution in [-0.4, -0.2) is 12.5 Å². The molecule has 0 aliphatic carbocycles. The summed E-state index contributed by atoms with van der Waals surface area (Å²) in [4.78, 5) is 11.9. The molecule has 23 heavy (non-hydrogen) atoms. The number of nitrogens with one attached hydrogen (secondary N) is 1. The highest BCUT2D eigenvalue weighted by Gasteiger charge is 2.10. The molecule has 5 heteroatoms. The third-order valence-electron chi connectivity index (χ3n) is 3.17. The molecular weight excluding hydrogens is 298 g/mol. The van der Waals surface area contributed by atoms with Gasteiger partial charge in [-0.15, -0.1) is 0 Å². The number of amides is 1. The SMILES string of the molecule is N#C/C(=C\c1ccc(F)cc1F)C(=O)NCCc1ccccc1. The highest BCUT2D eigenvalue weighted by molar-refractivity contribution is 6.01. The van der Waals surface area contributed by atoms with Gasteiger partial charge >= 0.3 is 0 Å². The van der Waals surface area contributed by atoms with E-state index in [9.17, 15) is 13.6 Å². The molecule has 0 fully saturated rings. The third-order valence-corrected chi connectivity index (χ3v) is 3.17. The van der Waals surface area contributed by atoms with Crippen LogP contribution in [0.15, 0.2) is 54.1 Å². The van der Waals surface area contributed by atoms with Crippen LogP contribution in [0.4, 0.5) is 8.78 Å². The Morgan fingerprint density at radius 1 is 1.17 bits per heavy atom. The summed E-state index contributed by atoms with van der Waals surface area (Å²) < 4.78 is 26.4. The smallest absolute Gasteiger partial charge is 0.261 e. The maximum atomic E-state index is 13.6. The highest BCUT2D eigenvalue weighted by atomic mass is 19.1. The Hall–Kier alpha value is -3.00. The molecular formula is C18H14F2N2O. The summed E-state index contributed by atoms with van der Waals surface area (Å²) in [5, 5.41) is 11.7. The molecule has 0 heterocycles. The van der Waals surface area contributed by atoms with E-state index in [0.29, 0.717) is 19.0 Å². The number of hydrogen-bond acceptors (Lipinski definition) is 2. The lowest BCUT2D eigenvalue weighted by Gasteiger charge is -2.05. The number of rotatable bonds is 5. The van der Waals surface area contributed by atoms with Crippen LogP contribution < -0.4 is 5.32 Å². The number of halogens is 2. The fraction of sp³-hybridized carbons (Fsp3) is 0.111. The minimum Gasteiger partial charge on any atom is -0.351 e. The second-order valence-corrected chi connectivity index (χ2v) is 4.83. The van der Waals surface area contributed by atoms with E-state index in [-0.39, 0.29) is 11.1 Å². The van der Waals surface area contributed by atoms with Crippen LogP contribution in [0.1, 0.15) is 11.1 Å². The Morgan fingerprint density at radius 3 is 2.57 bits per heavy atom. The Bertz CT molecular complexity index is 764. The number of carbonyl (C=O) groups excluding carboxylic acids is 1. The second kappa shape index (κ2) is 7.85. The number of hydrogen-bond donors (Lipinski definition) is 1. The van der Waals surface area contributed by atoms with Gasteiger partial charge in [0.2, 0.25) is 0 Å². The summed E-state index contributed by atoms with van der Waals surface area (Å²) in [6, 6.07) is 14.2. The van der Waals surface area contributed by atoms with Gasteiger partial charge in [-0.3, -0.25) is 4.79 Å². The Labute approximate surface area is 132 Å². The first-order valence-corrected chi connectivity index (χ1v) is 6.99. The van der Waals surface area contributed by atoms with E-state index in [1.807, 2.05) is 30.3 Å². The average molecular weight is 312 g/mol. The normalized spacial score (nSPS) is 10.9. The minimum atomic E-state index is -0.824. The van der Waals surface area contributed by atoms with Gasteiger partial charge in [0, 0.05) is 18.2 Å². The van der Waals surface area contributed by atoms with Crippen molar-refractivity contribution in [3.05, 3.63) is 76.9 Å². The van der Waals surface area contributed by atoms with Crippen molar-refractivity contribution in [3.8, 4) is 6.07 Å². The minimum absolute atomic E-state index is 0.0128. The zero-order chi connectivity index (χ0) is 16.7. The first-order chi connectivity index (χ1) is 11.1. The first kappa shape index (κ1) is 16.4. The molecule has 0 radical (unpaired) electrons. The zero-order valence-electron chi connectivity index (χ0n) is 12.2. The van der Waals surface area contributed by atoms with Crippen molar-refractivity contribution in [3.63, 3.8) is 0 Å². The van der Waals surface area contributed by atoms with Crippen LogP contribution in [0.2, 0.25) is 0 Å². The van der Waals surface area contributed by atoms with Gasteiger partial charge in [0.1, 0.15) is 23.3 Å². The van der Waals surface area contributed by atoms with Crippen molar-refractivity contribution in [1.29, 1.82) is 5.26 Å². The van der Waals surface area contributed by atoms with E-state index in [2.05, 4.69) is 5.32 Å². The van der Waals surface area contributed by atoms with Crippen LogP contribution in [0.3, 0.4) is 0 Å². The molecule has 0 aliphatic rings. The quantitative estimate of drug-likeness (QED) is 0.681. The highest BCUT2D eigenvalue weighted by Crippen LogP contribution is 2.13. The molecule has 0 aromatic heterocycles. The molecule has 0 spiro atoms. The maximum Gasteiger partial charge on any atom is 0.261 e. The molecule has 0 saturated carbocycles. The van der Waals surface area contributed by atoms with Gasteiger partial charge in [0.25, 0.3) is 5.91 Å². The van der Waals surface area contributed by atoms with Crippen molar-refractivity contribution >= 4 is 12.0 Å². The lowest BCUT2D eigenvalue weighted by atomic mass is 10.1. The van der Waals surface area contributed by atoms with E-state index in [1.165, 1.54) is 6.07 Å². The van der Waals surface area contributed by atoms with Gasteiger partial charge < -0.3 is 5.32 Å². The summed E-state index contributed by atoms with van der Waals surface area (Å²) in [6.07, 6.45) is 1.73. The van der Waals surface area contributed by atoms with E-state index < -0.39 is 17.5 Å². The van der Waals surface area contributed by atoms with Crippen LogP contribution in [0.25, 0.3) is 6.08 Å². The van der Waals surface area contributed by atoms with Crippen molar-refractivity contribution < 1.29 is 13.6 Å². The van der Waals surface area contributed by atoms with Crippen molar-refractivity contribution in [2.75, 3.05) is 6.54 Å². The third kappa shape index (κ3) is 4.75. The molecule has 0 saturated heterocycles. The van der Waals surface area contributed by atoms with Gasteiger partial charge in [-0.05, 0) is 30.2 Å². The predicted octanol–water partition coefficient (Wildman–Crippen LogP) is 3.23. The standard InChI is InChI=1S/C18H14F2N2O/c19-16-7-6-14(17(20)11-16)10-15(12-21)18(23)22-9-8-13-4-2-1-3-5-13/h1-7,10-11H,8-9H2,(H,22,23)/b15-10+. The lowest BCUT2D eigenvalue weighted by Crippen LogP contribution is -2.26. The molecule has 1 amide bonds. The van der Waals surface area contributed by atoms with Crippen molar-refractivity contribution in [2.45, 2.75) is 6.42 Å². The van der Waals surface area contributed by atoms with E-state index in [1.54, 1.807) is 6.07 Å². The Morgan fingerprint density at radius 2 is 1.91 bits per heavy atom. The van der Waals surface area contributed by atoms with Crippen molar-refractivity contribution in [1.82, 2.24) is 5.32 Å². The van der Waals surface area contributed by atoms with Gasteiger partial charge in [-0.2, -0.15) is 5.26 Å². The zero-order valence-corrected chi connectivity index (χ0v) is 12.2. The second-order valence-electron chi connectivity index (χ2n) is 4.83. The van der Waals surface area contributed by atoms with Gasteiger partial charge in [0.15, 0.2) is 0 Å². The fourth-order valence-corrected chi connectivity index (χ4v) is 1.98. The van der Waals surface area contributed by atoms with Crippen LogP contribution >= 0.6 is 0 Å². The molecule has 0 bridgehead atoms. The summed E-state index contributed by atoms with van der Waals surface area (Å²) in [7, 11) is 0. The topological polar surface area (TPSA) is 52.9 Å². The monoisotopic (exact) mass is 312 g/mol. The molecule has 1 N–H and O–H groups in total. The largest absolute Gasteiger partial charge is 0.351 e. The lowest BCUT2D eigenvalue weighted by molar-refractivity contribution is -0.117. The van der Waals surface area contributed by atoms with Crippen molar-refractivity contribution in [2.24, 2.45) is 0 Å². The van der Waals surface area contributed by atoms with Crippen LogP contribution in [-0.2, 0) is 11.2 Å². The molecule has 0 unspecified atom stereocenters.